The number of nitrogens with zero attached hydrogens (tertiary/aromatic N) is 2. The maximum Gasteiger partial charge on any atom is 0.359 e. The molecule has 0 radical (unpaired) electrons. The third-order valence-corrected chi connectivity index (χ3v) is 3.38. The van der Waals surface area contributed by atoms with Crippen LogP contribution in [-0.4, -0.2) is 27.9 Å². The third-order valence-electron chi connectivity index (χ3n) is 3.38. The Morgan fingerprint density at radius 1 is 1.29 bits per heavy atom. The van der Waals surface area contributed by atoms with Crippen molar-refractivity contribution in [2.24, 2.45) is 0 Å². The van der Waals surface area contributed by atoms with Crippen molar-refractivity contribution >= 4 is 23.2 Å². The van der Waals surface area contributed by atoms with Crippen molar-refractivity contribution in [3.8, 4) is 0 Å². The van der Waals surface area contributed by atoms with E-state index in [9.17, 15) is 14.0 Å². The summed E-state index contributed by atoms with van der Waals surface area (Å²) in [6.07, 6.45) is 3.27. The lowest BCUT2D eigenvalue weighted by Gasteiger charge is -2.08. The Morgan fingerprint density at radius 2 is 2.12 bits per heavy atom. The lowest BCUT2D eigenvalue weighted by molar-refractivity contribution is -0.119. The zero-order chi connectivity index (χ0) is 17.1. The van der Waals surface area contributed by atoms with Crippen LogP contribution in [-0.2, 0) is 9.53 Å². The maximum atomic E-state index is 13.2. The fraction of sp³-hybridized carbons (Fsp3) is 0.118. The first-order valence-corrected chi connectivity index (χ1v) is 7.20. The SMILES string of the molecule is Cc1ccc(F)cc1NC(=O)COC(=O)c1cn2ccccc2n1. The zero-order valence-corrected chi connectivity index (χ0v) is 12.8. The number of anilines is 1. The summed E-state index contributed by atoms with van der Waals surface area (Å²) in [5, 5.41) is 2.50. The Bertz CT molecular complexity index is 887. The molecule has 2 heterocycles. The van der Waals surface area contributed by atoms with Crippen LogP contribution in [0.5, 0.6) is 0 Å². The van der Waals surface area contributed by atoms with Gasteiger partial charge in [0.25, 0.3) is 5.91 Å². The van der Waals surface area contributed by atoms with Gasteiger partial charge in [-0.25, -0.2) is 14.2 Å². The van der Waals surface area contributed by atoms with Crippen molar-refractivity contribution < 1.29 is 18.7 Å². The molecule has 1 aromatic carbocycles. The van der Waals surface area contributed by atoms with E-state index in [-0.39, 0.29) is 5.69 Å². The van der Waals surface area contributed by atoms with E-state index in [1.807, 2.05) is 0 Å². The number of carbonyl (C=O) groups excluding carboxylic acids is 2. The summed E-state index contributed by atoms with van der Waals surface area (Å²) in [5.74, 6) is -1.72. The van der Waals surface area contributed by atoms with Crippen LogP contribution >= 0.6 is 0 Å². The van der Waals surface area contributed by atoms with Crippen LogP contribution in [0.2, 0.25) is 0 Å². The van der Waals surface area contributed by atoms with Gasteiger partial charge in [0.15, 0.2) is 12.3 Å². The van der Waals surface area contributed by atoms with Crippen molar-refractivity contribution in [1.29, 1.82) is 0 Å². The Balaban J connectivity index is 1.61. The van der Waals surface area contributed by atoms with Crippen LogP contribution in [0.25, 0.3) is 5.65 Å². The van der Waals surface area contributed by atoms with Gasteiger partial charge in [0.2, 0.25) is 0 Å². The molecule has 0 saturated heterocycles. The quantitative estimate of drug-likeness (QED) is 0.748. The van der Waals surface area contributed by atoms with Crippen molar-refractivity contribution in [3.63, 3.8) is 0 Å². The van der Waals surface area contributed by atoms with Gasteiger partial charge in [0, 0.05) is 18.1 Å². The number of benzene rings is 1. The van der Waals surface area contributed by atoms with Gasteiger partial charge in [0.05, 0.1) is 0 Å². The summed E-state index contributed by atoms with van der Waals surface area (Å²) in [7, 11) is 0. The van der Waals surface area contributed by atoms with Gasteiger partial charge in [-0.2, -0.15) is 0 Å². The number of aryl methyl sites for hydroxylation is 1. The Labute approximate surface area is 136 Å². The van der Waals surface area contributed by atoms with E-state index in [2.05, 4.69) is 10.3 Å². The molecule has 0 aliphatic rings. The minimum absolute atomic E-state index is 0.107. The van der Waals surface area contributed by atoms with Crippen molar-refractivity contribution in [2.75, 3.05) is 11.9 Å². The highest BCUT2D eigenvalue weighted by atomic mass is 19.1. The number of hydrogen-bond acceptors (Lipinski definition) is 4. The number of amides is 1. The molecule has 1 amide bonds. The molecule has 0 fully saturated rings. The first-order chi connectivity index (χ1) is 11.5. The topological polar surface area (TPSA) is 72.7 Å². The highest BCUT2D eigenvalue weighted by molar-refractivity contribution is 5.95. The molecule has 122 valence electrons. The molecule has 0 aliphatic heterocycles. The normalized spacial score (nSPS) is 10.6. The number of nitrogens with one attached hydrogen (secondary N) is 1. The Hall–Kier alpha value is -3.22. The molecule has 3 aromatic rings. The number of ether oxygens (including phenoxy) is 1. The van der Waals surface area contributed by atoms with E-state index in [1.165, 1.54) is 18.3 Å². The third kappa shape index (κ3) is 3.40. The average Bonchev–Trinajstić information content (AvgIpc) is 3.00. The van der Waals surface area contributed by atoms with E-state index < -0.39 is 24.3 Å². The summed E-state index contributed by atoms with van der Waals surface area (Å²) < 4.78 is 19.8. The van der Waals surface area contributed by atoms with Crippen LogP contribution < -0.4 is 5.32 Å². The van der Waals surface area contributed by atoms with Gasteiger partial charge >= 0.3 is 5.97 Å². The van der Waals surface area contributed by atoms with Crippen LogP contribution in [0.15, 0.2) is 48.8 Å². The zero-order valence-electron chi connectivity index (χ0n) is 12.8. The van der Waals surface area contributed by atoms with E-state index in [1.54, 1.807) is 41.8 Å². The highest BCUT2D eigenvalue weighted by Gasteiger charge is 2.14. The number of hydrogen-bond donors (Lipinski definition) is 1. The number of pyridine rings is 1. The molecule has 0 saturated carbocycles. The van der Waals surface area contributed by atoms with Crippen LogP contribution in [0, 0.1) is 12.7 Å². The number of carbonyl (C=O) groups is 2. The van der Waals surface area contributed by atoms with Crippen LogP contribution in [0.3, 0.4) is 0 Å². The maximum absolute atomic E-state index is 13.2. The van der Waals surface area contributed by atoms with Crippen molar-refractivity contribution in [3.05, 3.63) is 65.9 Å². The van der Waals surface area contributed by atoms with E-state index >= 15 is 0 Å². The van der Waals surface area contributed by atoms with E-state index in [0.29, 0.717) is 16.9 Å². The first kappa shape index (κ1) is 15.7. The summed E-state index contributed by atoms with van der Waals surface area (Å²) in [6, 6.07) is 9.40. The number of rotatable bonds is 4. The molecule has 7 heteroatoms. The molecule has 1 N–H and O–H groups in total. The average molecular weight is 327 g/mol. The number of fused-ring (bicyclic) bond motifs is 1. The molecule has 0 aliphatic carbocycles. The summed E-state index contributed by atoms with van der Waals surface area (Å²) >= 11 is 0. The fourth-order valence-corrected chi connectivity index (χ4v) is 2.15. The predicted octanol–water partition coefficient (Wildman–Crippen LogP) is 2.58. The molecule has 24 heavy (non-hydrogen) atoms. The molecule has 2 aromatic heterocycles. The minimum Gasteiger partial charge on any atom is -0.451 e. The standard InChI is InChI=1S/C17H14FN3O3/c1-11-5-6-12(18)8-13(11)20-16(22)10-24-17(23)14-9-21-7-3-2-4-15(21)19-14/h2-9H,10H2,1H3,(H,20,22). The first-order valence-electron chi connectivity index (χ1n) is 7.20. The number of esters is 1. The van der Waals surface area contributed by atoms with Crippen LogP contribution in [0.4, 0.5) is 10.1 Å². The second-order valence-corrected chi connectivity index (χ2v) is 5.18. The van der Waals surface area contributed by atoms with Crippen LogP contribution in [0.1, 0.15) is 16.1 Å². The molecular weight excluding hydrogens is 313 g/mol. The molecular formula is C17H14FN3O3. The van der Waals surface area contributed by atoms with Crippen molar-refractivity contribution in [2.45, 2.75) is 6.92 Å². The molecule has 6 nitrogen and oxygen atoms in total. The van der Waals surface area contributed by atoms with E-state index in [0.717, 1.165) is 0 Å². The van der Waals surface area contributed by atoms with Gasteiger partial charge in [-0.1, -0.05) is 12.1 Å². The molecule has 0 spiro atoms. The Morgan fingerprint density at radius 3 is 2.92 bits per heavy atom. The second kappa shape index (κ2) is 6.49. The molecule has 0 unspecified atom stereocenters. The molecule has 0 atom stereocenters. The van der Waals surface area contributed by atoms with Gasteiger partial charge in [-0.3, -0.25) is 4.79 Å². The highest BCUT2D eigenvalue weighted by Crippen LogP contribution is 2.15. The van der Waals surface area contributed by atoms with Gasteiger partial charge in [0.1, 0.15) is 11.5 Å². The Kier molecular flexibility index (Phi) is 4.24. The smallest absolute Gasteiger partial charge is 0.359 e. The van der Waals surface area contributed by atoms with Gasteiger partial charge < -0.3 is 14.5 Å². The monoisotopic (exact) mass is 327 g/mol. The minimum atomic E-state index is -0.704. The second-order valence-electron chi connectivity index (χ2n) is 5.18. The largest absolute Gasteiger partial charge is 0.451 e. The number of aromatic nitrogens is 2. The van der Waals surface area contributed by atoms with Gasteiger partial charge in [-0.15, -0.1) is 0 Å². The van der Waals surface area contributed by atoms with E-state index in [4.69, 9.17) is 4.74 Å². The lowest BCUT2D eigenvalue weighted by atomic mass is 10.2. The number of halogens is 1. The fourth-order valence-electron chi connectivity index (χ4n) is 2.15. The van der Waals surface area contributed by atoms with Gasteiger partial charge in [-0.05, 0) is 36.8 Å². The predicted molar refractivity (Wildman–Crippen MR) is 85.2 cm³/mol. The summed E-state index contributed by atoms with van der Waals surface area (Å²) in [5.41, 5.74) is 1.75. The van der Waals surface area contributed by atoms with Crippen molar-refractivity contribution in [1.82, 2.24) is 9.38 Å². The molecule has 0 bridgehead atoms. The molecule has 3 rings (SSSR count). The number of imidazole rings is 1. The summed E-state index contributed by atoms with van der Waals surface area (Å²) in [4.78, 5) is 27.9. The summed E-state index contributed by atoms with van der Waals surface area (Å²) in [6.45, 7) is 1.25. The lowest BCUT2D eigenvalue weighted by Crippen LogP contribution is -2.21.